The molecule has 2 rings (SSSR count). The van der Waals surface area contributed by atoms with E-state index in [9.17, 15) is 0 Å². The van der Waals surface area contributed by atoms with Crippen molar-refractivity contribution in [1.29, 1.82) is 0 Å². The molecule has 2 heteroatoms. The number of rotatable bonds is 5. The van der Waals surface area contributed by atoms with E-state index in [2.05, 4.69) is 63.0 Å². The quantitative estimate of drug-likeness (QED) is 0.720. The van der Waals surface area contributed by atoms with Gasteiger partial charge < -0.3 is 0 Å². The number of hydrogen-bond donors (Lipinski definition) is 0. The van der Waals surface area contributed by atoms with Gasteiger partial charge in [-0.3, -0.25) is 4.98 Å². The summed E-state index contributed by atoms with van der Waals surface area (Å²) in [4.78, 5) is 4.65. The Morgan fingerprint density at radius 1 is 0.900 bits per heavy atom. The van der Waals surface area contributed by atoms with Crippen LogP contribution < -0.4 is 5.19 Å². The van der Waals surface area contributed by atoms with Gasteiger partial charge in [-0.15, -0.1) is 0 Å². The molecule has 0 unspecified atom stereocenters. The van der Waals surface area contributed by atoms with E-state index in [-0.39, 0.29) is 0 Å². The van der Waals surface area contributed by atoms with Gasteiger partial charge in [0.05, 0.1) is 13.8 Å². The summed E-state index contributed by atoms with van der Waals surface area (Å²) in [5.41, 5.74) is 3.80. The Bertz CT molecular complexity index is 565. The summed E-state index contributed by atoms with van der Waals surface area (Å²) < 4.78 is 0. The first-order valence-electron chi connectivity index (χ1n) is 7.70. The van der Waals surface area contributed by atoms with Crippen molar-refractivity contribution < 1.29 is 0 Å². The summed E-state index contributed by atoms with van der Waals surface area (Å²) in [6.07, 6.45) is 1.91. The first kappa shape index (κ1) is 15.0. The van der Waals surface area contributed by atoms with Crippen LogP contribution in [0.25, 0.3) is 11.3 Å². The average molecular weight is 283 g/mol. The first-order chi connectivity index (χ1) is 9.68. The Hall–Kier alpha value is -1.41. The van der Waals surface area contributed by atoms with Gasteiger partial charge in [0.25, 0.3) is 0 Å². The molecule has 0 bridgehead atoms. The van der Waals surface area contributed by atoms with Crippen molar-refractivity contribution in [3.8, 4) is 11.3 Å². The molecule has 1 aromatic carbocycles. The van der Waals surface area contributed by atoms with Crippen molar-refractivity contribution in [2.45, 2.75) is 45.8 Å². The summed E-state index contributed by atoms with van der Waals surface area (Å²) in [6, 6.07) is 17.1. The van der Waals surface area contributed by atoms with E-state index in [1.165, 1.54) is 29.3 Å². The molecule has 1 heterocycles. The predicted molar refractivity (Wildman–Crippen MR) is 91.2 cm³/mol. The van der Waals surface area contributed by atoms with Gasteiger partial charge in [-0.05, 0) is 24.1 Å². The highest BCUT2D eigenvalue weighted by Crippen LogP contribution is 2.27. The van der Waals surface area contributed by atoms with E-state index >= 15 is 0 Å². The number of benzene rings is 1. The van der Waals surface area contributed by atoms with Gasteiger partial charge in [0.2, 0.25) is 0 Å². The van der Waals surface area contributed by atoms with Gasteiger partial charge in [0.1, 0.15) is 0 Å². The second kappa shape index (κ2) is 6.36. The molecule has 0 N–H and O–H groups in total. The Morgan fingerprint density at radius 2 is 1.55 bits per heavy atom. The lowest BCUT2D eigenvalue weighted by Crippen LogP contribution is -2.46. The minimum absolute atomic E-state index is 1.16. The van der Waals surface area contributed by atoms with Crippen LogP contribution in [0.1, 0.15) is 26.3 Å². The number of aryl methyl sites for hydroxylation is 1. The molecule has 1 aromatic heterocycles. The van der Waals surface area contributed by atoms with Gasteiger partial charge in [0.15, 0.2) is 0 Å². The zero-order valence-electron chi connectivity index (χ0n) is 13.1. The van der Waals surface area contributed by atoms with E-state index in [1.54, 1.807) is 5.19 Å². The van der Waals surface area contributed by atoms with E-state index in [1.807, 2.05) is 12.3 Å². The molecular weight excluding hydrogens is 258 g/mol. The van der Waals surface area contributed by atoms with E-state index < -0.39 is 8.07 Å². The Balaban J connectivity index is 2.65. The molecule has 2 aromatic rings. The van der Waals surface area contributed by atoms with Gasteiger partial charge in [0, 0.05) is 6.20 Å². The highest BCUT2D eigenvalue weighted by Gasteiger charge is 2.31. The van der Waals surface area contributed by atoms with Crippen LogP contribution in [0.15, 0.2) is 42.6 Å². The van der Waals surface area contributed by atoms with Crippen molar-refractivity contribution in [3.05, 3.63) is 48.2 Å². The fourth-order valence-electron chi connectivity index (χ4n) is 3.24. The van der Waals surface area contributed by atoms with Gasteiger partial charge in [-0.1, -0.05) is 74.4 Å². The molecule has 0 aliphatic rings. The third kappa shape index (κ3) is 2.57. The first-order valence-corrected chi connectivity index (χ1v) is 10.3. The van der Waals surface area contributed by atoms with Gasteiger partial charge in [-0.2, -0.15) is 0 Å². The van der Waals surface area contributed by atoms with E-state index in [0.717, 1.165) is 5.69 Å². The fourth-order valence-corrected chi connectivity index (χ4v) is 7.11. The molecule has 0 saturated heterocycles. The molecular formula is C18H25NSi. The molecule has 0 amide bonds. The average Bonchev–Trinajstić information content (AvgIpc) is 2.51. The normalized spacial score (nSPS) is 11.6. The van der Waals surface area contributed by atoms with Crippen molar-refractivity contribution in [2.75, 3.05) is 0 Å². The third-order valence-electron chi connectivity index (χ3n) is 4.79. The number of hydrogen-bond acceptors (Lipinski definition) is 1. The second-order valence-corrected chi connectivity index (χ2v) is 10.8. The van der Waals surface area contributed by atoms with Crippen LogP contribution in [0.2, 0.25) is 18.1 Å². The molecule has 20 heavy (non-hydrogen) atoms. The smallest absolute Gasteiger partial charge is 0.0868 e. The highest BCUT2D eigenvalue weighted by molar-refractivity contribution is 6.92. The van der Waals surface area contributed by atoms with Crippen LogP contribution in [-0.2, 0) is 0 Å². The second-order valence-electron chi connectivity index (χ2n) is 5.56. The maximum atomic E-state index is 4.65. The van der Waals surface area contributed by atoms with Crippen LogP contribution in [0.4, 0.5) is 0 Å². The maximum absolute atomic E-state index is 4.65. The Morgan fingerprint density at radius 3 is 2.15 bits per heavy atom. The van der Waals surface area contributed by atoms with Crippen molar-refractivity contribution >= 4 is 13.3 Å². The summed E-state index contributed by atoms with van der Waals surface area (Å²) in [5, 5.41) is 1.59. The fraction of sp³-hybridized carbons (Fsp3) is 0.389. The van der Waals surface area contributed by atoms with Crippen LogP contribution in [0.5, 0.6) is 0 Å². The lowest BCUT2D eigenvalue weighted by atomic mass is 10.1. The Kier molecular flexibility index (Phi) is 4.76. The number of aromatic nitrogens is 1. The van der Waals surface area contributed by atoms with Crippen LogP contribution in [0.3, 0.4) is 0 Å². The SMILES string of the molecule is CC[Si](CC)(CC)c1ccccc1-c1ncccc1C. The summed E-state index contributed by atoms with van der Waals surface area (Å²) in [7, 11) is -1.38. The summed E-state index contributed by atoms with van der Waals surface area (Å²) >= 11 is 0. The van der Waals surface area contributed by atoms with Crippen LogP contribution >= 0.6 is 0 Å². The standard InChI is InChI=1S/C18H25NSi/c1-5-20(6-2,7-3)17-13-9-8-12-16(17)18-15(4)11-10-14-19-18/h8-14H,5-7H2,1-4H3. The summed E-state index contributed by atoms with van der Waals surface area (Å²) in [6.45, 7) is 9.25. The minimum Gasteiger partial charge on any atom is -0.256 e. The highest BCUT2D eigenvalue weighted by atomic mass is 28.3. The van der Waals surface area contributed by atoms with Crippen molar-refractivity contribution in [3.63, 3.8) is 0 Å². The molecule has 0 atom stereocenters. The monoisotopic (exact) mass is 283 g/mol. The number of pyridine rings is 1. The van der Waals surface area contributed by atoms with Gasteiger partial charge in [-0.25, -0.2) is 0 Å². The van der Waals surface area contributed by atoms with Gasteiger partial charge >= 0.3 is 0 Å². The third-order valence-corrected chi connectivity index (χ3v) is 10.4. The van der Waals surface area contributed by atoms with E-state index in [0.29, 0.717) is 0 Å². The maximum Gasteiger partial charge on any atom is 0.0868 e. The molecule has 0 spiro atoms. The van der Waals surface area contributed by atoms with Crippen LogP contribution in [-0.4, -0.2) is 13.1 Å². The Labute approximate surface area is 124 Å². The lowest BCUT2D eigenvalue weighted by molar-refractivity contribution is 1.19. The zero-order chi connectivity index (χ0) is 14.6. The zero-order valence-corrected chi connectivity index (χ0v) is 14.1. The number of nitrogens with zero attached hydrogens (tertiary/aromatic N) is 1. The minimum atomic E-state index is -1.38. The summed E-state index contributed by atoms with van der Waals surface area (Å²) in [5.74, 6) is 0. The topological polar surface area (TPSA) is 12.9 Å². The van der Waals surface area contributed by atoms with E-state index in [4.69, 9.17) is 0 Å². The molecule has 0 saturated carbocycles. The van der Waals surface area contributed by atoms with Crippen LogP contribution in [0, 0.1) is 6.92 Å². The molecule has 1 nitrogen and oxygen atoms in total. The van der Waals surface area contributed by atoms with Crippen molar-refractivity contribution in [2.24, 2.45) is 0 Å². The predicted octanol–water partition coefficient (Wildman–Crippen LogP) is 4.77. The lowest BCUT2D eigenvalue weighted by Gasteiger charge is -2.31. The molecule has 0 radical (unpaired) electrons. The molecule has 106 valence electrons. The molecule has 0 aliphatic carbocycles. The largest absolute Gasteiger partial charge is 0.256 e. The van der Waals surface area contributed by atoms with Crippen molar-refractivity contribution in [1.82, 2.24) is 4.98 Å². The molecule has 0 aliphatic heterocycles. The molecule has 0 fully saturated rings.